The lowest BCUT2D eigenvalue weighted by atomic mass is 9.67. The number of benzene rings is 1. The quantitative estimate of drug-likeness (QED) is 0.706. The summed E-state index contributed by atoms with van der Waals surface area (Å²) in [5.41, 5.74) is 1.13. The fourth-order valence-electron chi connectivity index (χ4n) is 5.11. The van der Waals surface area contributed by atoms with Gasteiger partial charge in [-0.25, -0.2) is 4.39 Å². The smallest absolute Gasteiger partial charge is 0.219 e. The number of hydrogen-bond donors (Lipinski definition) is 0. The molecule has 1 aromatic rings. The molecule has 0 N–H and O–H groups in total. The van der Waals surface area contributed by atoms with E-state index in [9.17, 15) is 9.18 Å². The van der Waals surface area contributed by atoms with Crippen LogP contribution in [0.2, 0.25) is 0 Å². The van der Waals surface area contributed by atoms with Gasteiger partial charge in [0, 0.05) is 26.1 Å². The molecule has 1 heterocycles. The van der Waals surface area contributed by atoms with Crippen molar-refractivity contribution in [3.63, 3.8) is 0 Å². The molecule has 4 heteroatoms. The van der Waals surface area contributed by atoms with Crippen LogP contribution in [0.15, 0.2) is 24.3 Å². The van der Waals surface area contributed by atoms with Gasteiger partial charge in [-0.15, -0.1) is 0 Å². The van der Waals surface area contributed by atoms with Crippen LogP contribution in [-0.4, -0.2) is 35.6 Å². The number of amides is 1. The number of carbonyl (C=O) groups is 1. The van der Waals surface area contributed by atoms with Gasteiger partial charge >= 0.3 is 0 Å². The van der Waals surface area contributed by atoms with E-state index in [1.807, 2.05) is 12.1 Å². The topological polar surface area (TPSA) is 29.5 Å². The minimum Gasteiger partial charge on any atom is -0.375 e. The molecule has 1 saturated carbocycles. The van der Waals surface area contributed by atoms with Crippen LogP contribution in [0.3, 0.4) is 0 Å². The first-order valence-corrected chi connectivity index (χ1v) is 10.5. The van der Waals surface area contributed by atoms with Gasteiger partial charge in [-0.05, 0) is 69.1 Å². The summed E-state index contributed by atoms with van der Waals surface area (Å²) in [5, 5.41) is 0. The maximum atomic E-state index is 13.4. The monoisotopic (exact) mass is 375 g/mol. The Balaban J connectivity index is 1.76. The van der Waals surface area contributed by atoms with Gasteiger partial charge < -0.3 is 9.64 Å². The largest absolute Gasteiger partial charge is 0.375 e. The van der Waals surface area contributed by atoms with E-state index in [0.717, 1.165) is 38.6 Å². The molecule has 150 valence electrons. The van der Waals surface area contributed by atoms with Crippen LogP contribution in [0.25, 0.3) is 0 Å². The zero-order chi connectivity index (χ0) is 19.5. The van der Waals surface area contributed by atoms with Crippen molar-refractivity contribution < 1.29 is 13.9 Å². The number of hydrogen-bond acceptors (Lipinski definition) is 2. The van der Waals surface area contributed by atoms with Gasteiger partial charge in [0.1, 0.15) is 5.82 Å². The van der Waals surface area contributed by atoms with Crippen LogP contribution in [0.4, 0.5) is 4.39 Å². The summed E-state index contributed by atoms with van der Waals surface area (Å²) in [6.45, 7) is 7.39. The molecular weight excluding hydrogens is 341 g/mol. The van der Waals surface area contributed by atoms with Crippen molar-refractivity contribution in [1.29, 1.82) is 0 Å². The minimum absolute atomic E-state index is 0.0698. The second kappa shape index (κ2) is 8.30. The summed E-state index contributed by atoms with van der Waals surface area (Å²) in [4.78, 5) is 14.5. The average molecular weight is 376 g/mol. The third-order valence-electron chi connectivity index (χ3n) is 6.61. The Morgan fingerprint density at radius 1 is 1.19 bits per heavy atom. The SMILES string of the molecule is CC(=O)N(CCC1(c2ccc(F)cc2)CCCCC1)[C@H]1CCOC(C)(C)C1. The predicted octanol–water partition coefficient (Wildman–Crippen LogP) is 5.22. The lowest BCUT2D eigenvalue weighted by Crippen LogP contribution is -2.49. The van der Waals surface area contributed by atoms with Crippen molar-refractivity contribution in [1.82, 2.24) is 4.90 Å². The maximum Gasteiger partial charge on any atom is 0.219 e. The molecule has 2 fully saturated rings. The van der Waals surface area contributed by atoms with E-state index in [2.05, 4.69) is 18.7 Å². The van der Waals surface area contributed by atoms with Crippen LogP contribution < -0.4 is 0 Å². The second-order valence-electron chi connectivity index (χ2n) is 9.07. The highest BCUT2D eigenvalue weighted by Crippen LogP contribution is 2.42. The molecule has 0 bridgehead atoms. The van der Waals surface area contributed by atoms with Crippen molar-refractivity contribution in [2.24, 2.45) is 0 Å². The van der Waals surface area contributed by atoms with E-state index >= 15 is 0 Å². The molecule has 0 spiro atoms. The molecule has 1 atom stereocenters. The van der Waals surface area contributed by atoms with Crippen molar-refractivity contribution >= 4 is 5.91 Å². The molecule has 1 aromatic carbocycles. The van der Waals surface area contributed by atoms with E-state index in [1.165, 1.54) is 24.8 Å². The summed E-state index contributed by atoms with van der Waals surface area (Å²) in [5.74, 6) is -0.0257. The van der Waals surface area contributed by atoms with E-state index in [4.69, 9.17) is 4.74 Å². The number of nitrogens with zero attached hydrogens (tertiary/aromatic N) is 1. The summed E-state index contributed by atoms with van der Waals surface area (Å²) in [6, 6.07) is 7.32. The van der Waals surface area contributed by atoms with Crippen molar-refractivity contribution in [2.45, 2.75) is 89.2 Å². The van der Waals surface area contributed by atoms with Crippen LogP contribution in [0, 0.1) is 5.82 Å². The predicted molar refractivity (Wildman–Crippen MR) is 106 cm³/mol. The zero-order valence-electron chi connectivity index (χ0n) is 17.1. The molecule has 3 nitrogen and oxygen atoms in total. The highest BCUT2D eigenvalue weighted by molar-refractivity contribution is 5.73. The molecule has 0 unspecified atom stereocenters. The summed E-state index contributed by atoms with van der Waals surface area (Å²) in [6.07, 6.45) is 8.70. The Morgan fingerprint density at radius 2 is 1.85 bits per heavy atom. The lowest BCUT2D eigenvalue weighted by molar-refractivity contribution is -0.138. The van der Waals surface area contributed by atoms with Gasteiger partial charge in [0.05, 0.1) is 5.60 Å². The first-order chi connectivity index (χ1) is 12.8. The maximum absolute atomic E-state index is 13.4. The Bertz CT molecular complexity index is 634. The van der Waals surface area contributed by atoms with Gasteiger partial charge in [-0.1, -0.05) is 31.4 Å². The fourth-order valence-corrected chi connectivity index (χ4v) is 5.11. The van der Waals surface area contributed by atoms with Gasteiger partial charge in [0.15, 0.2) is 0 Å². The number of rotatable bonds is 5. The van der Waals surface area contributed by atoms with E-state index < -0.39 is 0 Å². The average Bonchev–Trinajstić information content (AvgIpc) is 2.62. The van der Waals surface area contributed by atoms with Crippen LogP contribution in [-0.2, 0) is 14.9 Å². The normalized spacial score (nSPS) is 24.4. The molecule has 1 aliphatic carbocycles. The summed E-state index contributed by atoms with van der Waals surface area (Å²) < 4.78 is 19.3. The number of ether oxygens (including phenoxy) is 1. The van der Waals surface area contributed by atoms with Crippen molar-refractivity contribution in [2.75, 3.05) is 13.2 Å². The molecule has 1 saturated heterocycles. The Morgan fingerprint density at radius 3 is 2.44 bits per heavy atom. The number of halogens is 1. The second-order valence-corrected chi connectivity index (χ2v) is 9.07. The molecule has 0 radical (unpaired) electrons. The van der Waals surface area contributed by atoms with Crippen LogP contribution in [0.1, 0.15) is 77.7 Å². The Hall–Kier alpha value is -1.42. The van der Waals surface area contributed by atoms with Crippen molar-refractivity contribution in [3.05, 3.63) is 35.6 Å². The van der Waals surface area contributed by atoms with E-state index in [-0.39, 0.29) is 28.8 Å². The molecule has 1 amide bonds. The fraction of sp³-hybridized carbons (Fsp3) is 0.696. The van der Waals surface area contributed by atoms with E-state index in [0.29, 0.717) is 6.61 Å². The third-order valence-corrected chi connectivity index (χ3v) is 6.61. The minimum atomic E-state index is -0.181. The first-order valence-electron chi connectivity index (χ1n) is 10.5. The molecule has 2 aliphatic rings. The van der Waals surface area contributed by atoms with Crippen LogP contribution in [0.5, 0.6) is 0 Å². The molecule has 1 aliphatic heterocycles. The summed E-state index contributed by atoms with van der Waals surface area (Å²) in [7, 11) is 0. The molecule has 0 aromatic heterocycles. The highest BCUT2D eigenvalue weighted by Gasteiger charge is 2.37. The van der Waals surface area contributed by atoms with Crippen LogP contribution >= 0.6 is 0 Å². The highest BCUT2D eigenvalue weighted by atomic mass is 19.1. The van der Waals surface area contributed by atoms with Crippen molar-refractivity contribution in [3.8, 4) is 0 Å². The van der Waals surface area contributed by atoms with Gasteiger partial charge in [0.2, 0.25) is 5.91 Å². The molecular formula is C23H34FNO2. The van der Waals surface area contributed by atoms with Gasteiger partial charge in [-0.3, -0.25) is 4.79 Å². The zero-order valence-corrected chi connectivity index (χ0v) is 17.1. The van der Waals surface area contributed by atoms with Gasteiger partial charge in [0.25, 0.3) is 0 Å². The molecule has 27 heavy (non-hydrogen) atoms. The number of carbonyl (C=O) groups excluding carboxylic acids is 1. The van der Waals surface area contributed by atoms with Gasteiger partial charge in [-0.2, -0.15) is 0 Å². The first kappa shape index (κ1) is 20.3. The Labute approximate surface area is 163 Å². The Kier molecular flexibility index (Phi) is 6.25. The molecule has 3 rings (SSSR count). The third kappa shape index (κ3) is 4.90. The summed E-state index contributed by atoms with van der Waals surface area (Å²) >= 11 is 0. The lowest BCUT2D eigenvalue weighted by Gasteiger charge is -2.44. The van der Waals surface area contributed by atoms with E-state index in [1.54, 1.807) is 19.1 Å². The standard InChI is InChI=1S/C23H34FNO2/c1-18(26)25(21-11-16-27-22(2,3)17-21)15-14-23(12-5-4-6-13-23)19-7-9-20(24)10-8-19/h7-10,21H,4-6,11-17H2,1-3H3/t21-/m0/s1.